The van der Waals surface area contributed by atoms with E-state index in [0.29, 0.717) is 0 Å². The highest BCUT2D eigenvalue weighted by Crippen LogP contribution is 2.31. The Balaban J connectivity index is 2.22. The number of aromatic nitrogens is 1. The first kappa shape index (κ1) is 11.2. The molecule has 0 aliphatic heterocycles. The molecule has 16 heavy (non-hydrogen) atoms. The van der Waals surface area contributed by atoms with E-state index in [4.69, 9.17) is 10.9 Å². The number of rotatable bonds is 3. The van der Waals surface area contributed by atoms with Crippen molar-refractivity contribution >= 4 is 39.2 Å². The van der Waals surface area contributed by atoms with Crippen molar-refractivity contribution in [3.63, 3.8) is 0 Å². The van der Waals surface area contributed by atoms with Gasteiger partial charge < -0.3 is 10.9 Å². The Morgan fingerprint density at radius 3 is 3.00 bits per heavy atom. The van der Waals surface area contributed by atoms with E-state index in [1.165, 1.54) is 11.8 Å². The first-order valence-electron chi connectivity index (χ1n) is 4.70. The van der Waals surface area contributed by atoms with Crippen LogP contribution in [0.1, 0.15) is 6.92 Å². The second-order valence-corrected chi connectivity index (χ2v) is 5.85. The Kier molecular flexibility index (Phi) is 3.31. The van der Waals surface area contributed by atoms with E-state index in [1.54, 1.807) is 11.3 Å². The van der Waals surface area contributed by atoms with Crippen LogP contribution in [0.3, 0.4) is 0 Å². The molecule has 84 valence electrons. The van der Waals surface area contributed by atoms with Gasteiger partial charge in [0.2, 0.25) is 0 Å². The molecule has 0 bridgehead atoms. The fourth-order valence-electron chi connectivity index (χ4n) is 1.19. The van der Waals surface area contributed by atoms with Gasteiger partial charge in [0.15, 0.2) is 10.2 Å². The topological polar surface area (TPSA) is 71.5 Å². The summed E-state index contributed by atoms with van der Waals surface area (Å²) >= 11 is 3.11. The largest absolute Gasteiger partial charge is 0.409 e. The van der Waals surface area contributed by atoms with E-state index in [9.17, 15) is 0 Å². The lowest BCUT2D eigenvalue weighted by Crippen LogP contribution is -2.23. The van der Waals surface area contributed by atoms with E-state index in [1.807, 2.05) is 31.2 Å². The van der Waals surface area contributed by atoms with Crippen LogP contribution in [0.15, 0.2) is 33.8 Å². The van der Waals surface area contributed by atoms with E-state index in [2.05, 4.69) is 10.1 Å². The van der Waals surface area contributed by atoms with Crippen molar-refractivity contribution in [2.45, 2.75) is 16.5 Å². The SMILES string of the molecule is CC(Sc1nc2ccccc2s1)C(N)=NO. The Morgan fingerprint density at radius 2 is 2.31 bits per heavy atom. The second-order valence-electron chi connectivity index (χ2n) is 3.23. The monoisotopic (exact) mass is 253 g/mol. The number of hydrogen-bond donors (Lipinski definition) is 2. The molecule has 0 aliphatic rings. The summed E-state index contributed by atoms with van der Waals surface area (Å²) in [4.78, 5) is 4.46. The van der Waals surface area contributed by atoms with E-state index < -0.39 is 0 Å². The average molecular weight is 253 g/mol. The summed E-state index contributed by atoms with van der Waals surface area (Å²) in [6, 6.07) is 7.96. The van der Waals surface area contributed by atoms with Crippen molar-refractivity contribution in [3.8, 4) is 0 Å². The van der Waals surface area contributed by atoms with Gasteiger partial charge in [0.1, 0.15) is 0 Å². The molecule has 4 nitrogen and oxygen atoms in total. The molecule has 0 saturated carbocycles. The Morgan fingerprint density at radius 1 is 1.56 bits per heavy atom. The molecular formula is C10H11N3OS2. The van der Waals surface area contributed by atoms with E-state index >= 15 is 0 Å². The van der Waals surface area contributed by atoms with Gasteiger partial charge in [-0.3, -0.25) is 0 Å². The summed E-state index contributed by atoms with van der Waals surface area (Å²) in [5.74, 6) is 0.212. The minimum Gasteiger partial charge on any atom is -0.409 e. The summed E-state index contributed by atoms with van der Waals surface area (Å²) < 4.78 is 2.08. The molecule has 1 aromatic carbocycles. The number of para-hydroxylation sites is 1. The minimum atomic E-state index is -0.0782. The molecule has 0 amide bonds. The van der Waals surface area contributed by atoms with Crippen molar-refractivity contribution in [3.05, 3.63) is 24.3 Å². The smallest absolute Gasteiger partial charge is 0.152 e. The van der Waals surface area contributed by atoms with Crippen LogP contribution in [0.25, 0.3) is 10.2 Å². The van der Waals surface area contributed by atoms with Crippen LogP contribution < -0.4 is 5.73 Å². The van der Waals surface area contributed by atoms with Crippen LogP contribution >= 0.6 is 23.1 Å². The molecule has 1 aromatic heterocycles. The highest BCUT2D eigenvalue weighted by molar-refractivity contribution is 8.02. The fraction of sp³-hybridized carbons (Fsp3) is 0.200. The Bertz CT molecular complexity index is 491. The minimum absolute atomic E-state index is 0.0782. The molecule has 1 heterocycles. The normalized spacial score (nSPS) is 14.2. The molecule has 3 N–H and O–H groups in total. The van der Waals surface area contributed by atoms with Crippen LogP contribution in [0, 0.1) is 0 Å². The number of thioether (sulfide) groups is 1. The van der Waals surface area contributed by atoms with Crippen molar-refractivity contribution in [2.24, 2.45) is 10.9 Å². The van der Waals surface area contributed by atoms with Crippen molar-refractivity contribution in [1.82, 2.24) is 4.98 Å². The summed E-state index contributed by atoms with van der Waals surface area (Å²) in [5.41, 5.74) is 6.50. The van der Waals surface area contributed by atoms with Crippen LogP contribution in [0.5, 0.6) is 0 Å². The Hall–Kier alpha value is -1.27. The summed E-state index contributed by atoms with van der Waals surface area (Å²) in [6.07, 6.45) is 0. The van der Waals surface area contributed by atoms with Gasteiger partial charge in [-0.25, -0.2) is 4.98 Å². The maximum absolute atomic E-state index is 8.56. The van der Waals surface area contributed by atoms with Gasteiger partial charge in [0.05, 0.1) is 15.5 Å². The van der Waals surface area contributed by atoms with Crippen LogP contribution in [0.2, 0.25) is 0 Å². The van der Waals surface area contributed by atoms with Gasteiger partial charge >= 0.3 is 0 Å². The summed E-state index contributed by atoms with van der Waals surface area (Å²) in [5, 5.41) is 11.5. The molecule has 0 spiro atoms. The second kappa shape index (κ2) is 4.71. The molecule has 0 radical (unpaired) electrons. The molecule has 2 aromatic rings. The quantitative estimate of drug-likeness (QED) is 0.290. The van der Waals surface area contributed by atoms with E-state index in [0.717, 1.165) is 14.6 Å². The van der Waals surface area contributed by atoms with Crippen molar-refractivity contribution in [1.29, 1.82) is 0 Å². The molecule has 6 heteroatoms. The third kappa shape index (κ3) is 2.28. The number of nitrogens with zero attached hydrogens (tertiary/aromatic N) is 2. The van der Waals surface area contributed by atoms with Gasteiger partial charge in [0, 0.05) is 0 Å². The zero-order valence-electron chi connectivity index (χ0n) is 8.62. The Labute approximate surface area is 101 Å². The first-order valence-corrected chi connectivity index (χ1v) is 6.40. The lowest BCUT2D eigenvalue weighted by atomic mass is 10.3. The fourth-order valence-corrected chi connectivity index (χ4v) is 3.41. The van der Waals surface area contributed by atoms with Crippen molar-refractivity contribution in [2.75, 3.05) is 0 Å². The molecule has 2 rings (SSSR count). The first-order chi connectivity index (χ1) is 7.70. The van der Waals surface area contributed by atoms with Crippen LogP contribution in [-0.4, -0.2) is 21.3 Å². The van der Waals surface area contributed by atoms with Gasteiger partial charge in [-0.15, -0.1) is 11.3 Å². The number of thiazole rings is 1. The third-order valence-corrected chi connectivity index (χ3v) is 4.34. The highest BCUT2D eigenvalue weighted by atomic mass is 32.2. The number of fused-ring (bicyclic) bond motifs is 1. The predicted molar refractivity (Wildman–Crippen MR) is 68.3 cm³/mol. The van der Waals surface area contributed by atoms with Crippen LogP contribution in [-0.2, 0) is 0 Å². The molecule has 0 aliphatic carbocycles. The lowest BCUT2D eigenvalue weighted by Gasteiger charge is -2.05. The molecule has 1 unspecified atom stereocenters. The zero-order chi connectivity index (χ0) is 11.5. The average Bonchev–Trinajstić information content (AvgIpc) is 2.69. The number of nitrogens with two attached hydrogens (primary N) is 1. The zero-order valence-corrected chi connectivity index (χ0v) is 10.3. The van der Waals surface area contributed by atoms with Gasteiger partial charge in [-0.05, 0) is 19.1 Å². The number of benzene rings is 1. The third-order valence-electron chi connectivity index (χ3n) is 2.08. The maximum atomic E-state index is 8.56. The van der Waals surface area contributed by atoms with Gasteiger partial charge in [-0.1, -0.05) is 29.1 Å². The molecular weight excluding hydrogens is 242 g/mol. The van der Waals surface area contributed by atoms with Crippen LogP contribution in [0.4, 0.5) is 0 Å². The maximum Gasteiger partial charge on any atom is 0.152 e. The van der Waals surface area contributed by atoms with Gasteiger partial charge in [0.25, 0.3) is 0 Å². The lowest BCUT2D eigenvalue weighted by molar-refractivity contribution is 0.317. The van der Waals surface area contributed by atoms with Crippen molar-refractivity contribution < 1.29 is 5.21 Å². The summed E-state index contributed by atoms with van der Waals surface area (Å²) in [7, 11) is 0. The standard InChI is InChI=1S/C10H11N3OS2/c1-6(9(11)13-14)15-10-12-7-4-2-3-5-8(7)16-10/h2-6,14H,1H3,(H2,11,13). The molecule has 0 saturated heterocycles. The highest BCUT2D eigenvalue weighted by Gasteiger charge is 2.12. The molecule has 0 fully saturated rings. The summed E-state index contributed by atoms with van der Waals surface area (Å²) in [6.45, 7) is 1.88. The number of amidine groups is 1. The molecule has 1 atom stereocenters. The number of hydrogen-bond acceptors (Lipinski definition) is 5. The number of oxime groups is 1. The van der Waals surface area contributed by atoms with E-state index in [-0.39, 0.29) is 11.1 Å². The predicted octanol–water partition coefficient (Wildman–Crippen LogP) is 2.52. The van der Waals surface area contributed by atoms with Gasteiger partial charge in [-0.2, -0.15) is 0 Å².